The fourth-order valence-electron chi connectivity index (χ4n) is 2.79. The van der Waals surface area contributed by atoms with Crippen molar-refractivity contribution in [3.05, 3.63) is 65.7 Å². The Morgan fingerprint density at radius 1 is 1.00 bits per heavy atom. The molecule has 1 saturated carbocycles. The molecule has 26 heavy (non-hydrogen) atoms. The molecule has 0 aliphatic heterocycles. The molecular weight excluding hydrogens is 348 g/mol. The van der Waals surface area contributed by atoms with Crippen molar-refractivity contribution in [2.75, 3.05) is 0 Å². The van der Waals surface area contributed by atoms with Gasteiger partial charge < -0.3 is 5.32 Å². The second-order valence-corrected chi connectivity index (χ2v) is 8.74. The van der Waals surface area contributed by atoms with Gasteiger partial charge >= 0.3 is 0 Å². The number of rotatable bonds is 7. The van der Waals surface area contributed by atoms with Crippen LogP contribution in [0.2, 0.25) is 0 Å². The first kappa shape index (κ1) is 18.6. The molecule has 138 valence electrons. The van der Waals surface area contributed by atoms with E-state index in [-0.39, 0.29) is 28.8 Å². The number of carbonyl (C=O) groups excluding carboxylic acids is 1. The van der Waals surface area contributed by atoms with Gasteiger partial charge in [-0.25, -0.2) is 13.1 Å². The molecule has 1 atom stereocenters. The molecule has 0 aromatic heterocycles. The SMILES string of the molecule is CC(C)[C@H](NC(=O)c1ccc(S(=O)(=O)NC2CC2)cc1)c1ccccc1. The maximum Gasteiger partial charge on any atom is 0.251 e. The molecule has 0 heterocycles. The van der Waals surface area contributed by atoms with E-state index >= 15 is 0 Å². The van der Waals surface area contributed by atoms with Crippen molar-refractivity contribution in [1.82, 2.24) is 10.0 Å². The number of benzene rings is 2. The van der Waals surface area contributed by atoms with Gasteiger partial charge in [-0.1, -0.05) is 44.2 Å². The van der Waals surface area contributed by atoms with E-state index in [0.717, 1.165) is 18.4 Å². The normalized spacial score (nSPS) is 15.7. The Kier molecular flexibility index (Phi) is 5.44. The number of hydrogen-bond donors (Lipinski definition) is 2. The highest BCUT2D eigenvalue weighted by Gasteiger charge is 2.28. The molecule has 5 nitrogen and oxygen atoms in total. The minimum absolute atomic E-state index is 0.0562. The van der Waals surface area contributed by atoms with Crippen LogP contribution in [0.3, 0.4) is 0 Å². The van der Waals surface area contributed by atoms with Crippen LogP contribution in [0.1, 0.15) is 48.7 Å². The molecular formula is C20H24N2O3S. The lowest BCUT2D eigenvalue weighted by atomic mass is 9.95. The fourth-order valence-corrected chi connectivity index (χ4v) is 4.10. The van der Waals surface area contributed by atoms with Crippen LogP contribution in [0.25, 0.3) is 0 Å². The molecule has 2 N–H and O–H groups in total. The van der Waals surface area contributed by atoms with Crippen LogP contribution in [-0.2, 0) is 10.0 Å². The fraction of sp³-hybridized carbons (Fsp3) is 0.350. The van der Waals surface area contributed by atoms with Crippen molar-refractivity contribution in [2.45, 2.75) is 43.7 Å². The largest absolute Gasteiger partial charge is 0.345 e. The van der Waals surface area contributed by atoms with E-state index < -0.39 is 10.0 Å². The zero-order valence-electron chi connectivity index (χ0n) is 15.0. The summed E-state index contributed by atoms with van der Waals surface area (Å²) in [6.07, 6.45) is 1.77. The molecule has 0 saturated heterocycles. The van der Waals surface area contributed by atoms with Crippen LogP contribution in [-0.4, -0.2) is 20.4 Å². The van der Waals surface area contributed by atoms with Gasteiger partial charge in [0.15, 0.2) is 0 Å². The van der Waals surface area contributed by atoms with E-state index in [1.807, 2.05) is 30.3 Å². The van der Waals surface area contributed by atoms with Crippen LogP contribution in [0, 0.1) is 5.92 Å². The van der Waals surface area contributed by atoms with Gasteiger partial charge in [0.2, 0.25) is 10.0 Å². The van der Waals surface area contributed by atoms with E-state index in [4.69, 9.17) is 0 Å². The molecule has 1 amide bonds. The summed E-state index contributed by atoms with van der Waals surface area (Å²) in [4.78, 5) is 12.8. The highest BCUT2D eigenvalue weighted by molar-refractivity contribution is 7.89. The number of nitrogens with one attached hydrogen (secondary N) is 2. The van der Waals surface area contributed by atoms with Crippen LogP contribution in [0.4, 0.5) is 0 Å². The molecule has 0 unspecified atom stereocenters. The van der Waals surface area contributed by atoms with Gasteiger partial charge in [0, 0.05) is 11.6 Å². The Hall–Kier alpha value is -2.18. The third-order valence-corrected chi connectivity index (χ3v) is 5.97. The average molecular weight is 372 g/mol. The minimum atomic E-state index is -3.50. The van der Waals surface area contributed by atoms with Gasteiger partial charge in [-0.3, -0.25) is 4.79 Å². The van der Waals surface area contributed by atoms with Gasteiger partial charge in [-0.2, -0.15) is 0 Å². The monoisotopic (exact) mass is 372 g/mol. The predicted molar refractivity (Wildman–Crippen MR) is 101 cm³/mol. The van der Waals surface area contributed by atoms with Crippen molar-refractivity contribution < 1.29 is 13.2 Å². The third kappa shape index (κ3) is 4.51. The van der Waals surface area contributed by atoms with Gasteiger partial charge in [0.05, 0.1) is 10.9 Å². The quantitative estimate of drug-likeness (QED) is 0.783. The van der Waals surface area contributed by atoms with Crippen LogP contribution >= 0.6 is 0 Å². The molecule has 2 aromatic rings. The van der Waals surface area contributed by atoms with Crippen molar-refractivity contribution >= 4 is 15.9 Å². The maximum atomic E-state index is 12.6. The lowest BCUT2D eigenvalue weighted by Gasteiger charge is -2.23. The smallest absolute Gasteiger partial charge is 0.251 e. The van der Waals surface area contributed by atoms with E-state index in [9.17, 15) is 13.2 Å². The molecule has 3 rings (SSSR count). The van der Waals surface area contributed by atoms with Crippen molar-refractivity contribution in [1.29, 1.82) is 0 Å². The number of carbonyl (C=O) groups is 1. The molecule has 0 radical (unpaired) electrons. The predicted octanol–water partition coefficient (Wildman–Crippen LogP) is 3.25. The maximum absolute atomic E-state index is 12.6. The lowest BCUT2D eigenvalue weighted by Crippen LogP contribution is -2.31. The Bertz CT molecular complexity index is 858. The Labute approximate surface area is 154 Å². The summed E-state index contributed by atoms with van der Waals surface area (Å²) in [5, 5.41) is 3.05. The number of amides is 1. The van der Waals surface area contributed by atoms with E-state index in [0.29, 0.717) is 5.56 Å². The zero-order chi connectivity index (χ0) is 18.7. The Balaban J connectivity index is 1.73. The van der Waals surface area contributed by atoms with Gasteiger partial charge in [0.1, 0.15) is 0 Å². The molecule has 2 aromatic carbocycles. The van der Waals surface area contributed by atoms with Crippen LogP contribution < -0.4 is 10.0 Å². The van der Waals surface area contributed by atoms with E-state index in [1.54, 1.807) is 12.1 Å². The molecule has 1 aliphatic rings. The Morgan fingerprint density at radius 3 is 2.15 bits per heavy atom. The molecule has 6 heteroatoms. The second-order valence-electron chi connectivity index (χ2n) is 7.03. The average Bonchev–Trinajstić information content (AvgIpc) is 3.43. The highest BCUT2D eigenvalue weighted by Crippen LogP contribution is 2.23. The molecule has 1 fully saturated rings. The van der Waals surface area contributed by atoms with Crippen molar-refractivity contribution in [2.24, 2.45) is 5.92 Å². The first-order chi connectivity index (χ1) is 12.4. The van der Waals surface area contributed by atoms with Gasteiger partial charge in [0.25, 0.3) is 5.91 Å². The van der Waals surface area contributed by atoms with Gasteiger partial charge in [-0.15, -0.1) is 0 Å². The number of hydrogen-bond acceptors (Lipinski definition) is 3. The molecule has 0 spiro atoms. The number of sulfonamides is 1. The summed E-state index contributed by atoms with van der Waals surface area (Å²) in [5.41, 5.74) is 1.49. The lowest BCUT2D eigenvalue weighted by molar-refractivity contribution is 0.0925. The summed E-state index contributed by atoms with van der Waals surface area (Å²) in [5.74, 6) is 0.00963. The first-order valence-corrected chi connectivity index (χ1v) is 10.3. The van der Waals surface area contributed by atoms with Crippen molar-refractivity contribution in [3.63, 3.8) is 0 Å². The third-order valence-electron chi connectivity index (χ3n) is 4.44. The summed E-state index contributed by atoms with van der Waals surface area (Å²) in [6, 6.07) is 15.8. The minimum Gasteiger partial charge on any atom is -0.345 e. The van der Waals surface area contributed by atoms with Gasteiger partial charge in [-0.05, 0) is 48.6 Å². The molecule has 0 bridgehead atoms. The first-order valence-electron chi connectivity index (χ1n) is 8.85. The summed E-state index contributed by atoms with van der Waals surface area (Å²) < 4.78 is 27.0. The second kappa shape index (κ2) is 7.60. The standard InChI is InChI=1S/C20H24N2O3S/c1-14(2)19(15-6-4-3-5-7-15)21-20(23)16-8-12-18(13-9-16)26(24,25)22-17-10-11-17/h3-9,12-14,17,19,22H,10-11H2,1-2H3,(H,21,23)/t19-/m0/s1. The van der Waals surface area contributed by atoms with E-state index in [2.05, 4.69) is 23.9 Å². The summed E-state index contributed by atoms with van der Waals surface area (Å²) >= 11 is 0. The van der Waals surface area contributed by atoms with Crippen LogP contribution in [0.15, 0.2) is 59.5 Å². The van der Waals surface area contributed by atoms with Crippen LogP contribution in [0.5, 0.6) is 0 Å². The summed E-state index contributed by atoms with van der Waals surface area (Å²) in [6.45, 7) is 4.11. The highest BCUT2D eigenvalue weighted by atomic mass is 32.2. The Morgan fingerprint density at radius 2 is 1.62 bits per heavy atom. The van der Waals surface area contributed by atoms with E-state index in [1.165, 1.54) is 12.1 Å². The summed E-state index contributed by atoms with van der Waals surface area (Å²) in [7, 11) is -3.50. The van der Waals surface area contributed by atoms with Crippen molar-refractivity contribution in [3.8, 4) is 0 Å². The zero-order valence-corrected chi connectivity index (χ0v) is 15.8. The topological polar surface area (TPSA) is 75.3 Å². The molecule has 1 aliphatic carbocycles.